The second-order valence-electron chi connectivity index (χ2n) is 8.64. The lowest BCUT2D eigenvalue weighted by Crippen LogP contribution is -2.30. The summed E-state index contributed by atoms with van der Waals surface area (Å²) in [7, 11) is 0. The van der Waals surface area contributed by atoms with Gasteiger partial charge in [-0.25, -0.2) is 4.79 Å². The Labute approximate surface area is 189 Å². The summed E-state index contributed by atoms with van der Waals surface area (Å²) >= 11 is 0. The number of carboxylic acids is 1. The van der Waals surface area contributed by atoms with Gasteiger partial charge in [0.2, 0.25) is 0 Å². The number of aromatic nitrogens is 1. The fourth-order valence-electron chi connectivity index (χ4n) is 4.95. The predicted octanol–water partition coefficient (Wildman–Crippen LogP) is 5.11. The Balaban J connectivity index is 1.41. The molecular formula is C26H32N2O4. The molecule has 0 bridgehead atoms. The molecule has 1 saturated carbocycles. The van der Waals surface area contributed by atoms with Crippen molar-refractivity contribution in [2.45, 2.75) is 57.4 Å². The number of hydroxylamine groups is 1. The molecule has 1 fully saturated rings. The first-order valence-corrected chi connectivity index (χ1v) is 11.7. The third kappa shape index (κ3) is 5.75. The van der Waals surface area contributed by atoms with Crippen molar-refractivity contribution in [3.05, 3.63) is 65.5 Å². The molecule has 4 rings (SSSR count). The van der Waals surface area contributed by atoms with Gasteiger partial charge < -0.3 is 9.84 Å². The molecule has 2 aliphatic carbocycles. The van der Waals surface area contributed by atoms with E-state index in [-0.39, 0.29) is 12.6 Å². The summed E-state index contributed by atoms with van der Waals surface area (Å²) in [6.45, 7) is 0.151. The van der Waals surface area contributed by atoms with E-state index in [1.54, 1.807) is 0 Å². The second kappa shape index (κ2) is 11.2. The van der Waals surface area contributed by atoms with E-state index in [4.69, 9.17) is 14.7 Å². The lowest BCUT2D eigenvalue weighted by atomic mass is 9.82. The van der Waals surface area contributed by atoms with Gasteiger partial charge in [0, 0.05) is 18.0 Å². The molecule has 1 aromatic heterocycles. The van der Waals surface area contributed by atoms with Crippen molar-refractivity contribution in [2.75, 3.05) is 13.2 Å². The number of carboxylic acid groups (broad SMARTS) is 1. The van der Waals surface area contributed by atoms with Gasteiger partial charge in [0.05, 0.1) is 12.6 Å². The zero-order valence-corrected chi connectivity index (χ0v) is 18.5. The lowest BCUT2D eigenvalue weighted by molar-refractivity contribution is -0.139. The number of hydrogen-bond acceptors (Lipinski definition) is 5. The lowest BCUT2D eigenvalue weighted by Gasteiger charge is -2.30. The molecule has 32 heavy (non-hydrogen) atoms. The highest BCUT2D eigenvalue weighted by atomic mass is 16.6. The Morgan fingerprint density at radius 1 is 1.16 bits per heavy atom. The molecule has 1 heterocycles. The van der Waals surface area contributed by atoms with E-state index in [0.717, 1.165) is 30.4 Å². The van der Waals surface area contributed by atoms with Crippen molar-refractivity contribution in [1.82, 2.24) is 10.5 Å². The molecule has 2 aliphatic rings. The number of ether oxygens (including phenoxy) is 1. The number of fused-ring (bicyclic) bond motifs is 1. The number of allylic oxidation sites excluding steroid dienone is 1. The molecule has 6 nitrogen and oxygen atoms in total. The number of carbonyl (C=O) groups is 1. The number of pyridine rings is 1. The largest absolute Gasteiger partial charge is 0.482 e. The first-order chi connectivity index (χ1) is 15.7. The molecule has 0 spiro atoms. The maximum absolute atomic E-state index is 10.9. The summed E-state index contributed by atoms with van der Waals surface area (Å²) in [5, 5.41) is 8.93. The normalized spacial score (nSPS) is 18.8. The summed E-state index contributed by atoms with van der Waals surface area (Å²) in [6.07, 6.45) is 15.1. The summed E-state index contributed by atoms with van der Waals surface area (Å²) in [5.41, 5.74) is 7.97. The summed E-state index contributed by atoms with van der Waals surface area (Å²) in [6, 6.07) is 10.1. The SMILES string of the molecule is O=C(O)COc1cccc2c1CCCC2=CCONC(c1cccnc1)C1CCCCC1. The third-order valence-corrected chi connectivity index (χ3v) is 6.49. The average Bonchev–Trinajstić information content (AvgIpc) is 2.84. The summed E-state index contributed by atoms with van der Waals surface area (Å²) in [5.74, 6) is 0.267. The number of benzene rings is 1. The van der Waals surface area contributed by atoms with Gasteiger partial charge in [-0.1, -0.05) is 43.5 Å². The minimum atomic E-state index is -0.963. The third-order valence-electron chi connectivity index (χ3n) is 6.49. The van der Waals surface area contributed by atoms with Crippen LogP contribution in [0.25, 0.3) is 5.57 Å². The Hall–Kier alpha value is -2.70. The van der Waals surface area contributed by atoms with Crippen molar-refractivity contribution in [1.29, 1.82) is 0 Å². The zero-order valence-electron chi connectivity index (χ0n) is 18.5. The van der Waals surface area contributed by atoms with Crippen LogP contribution in [0.1, 0.15) is 67.7 Å². The maximum Gasteiger partial charge on any atom is 0.341 e. The van der Waals surface area contributed by atoms with Crippen LogP contribution in [0, 0.1) is 5.92 Å². The number of aliphatic carboxylic acids is 1. The van der Waals surface area contributed by atoms with Crippen molar-refractivity contribution in [3.8, 4) is 5.75 Å². The van der Waals surface area contributed by atoms with Crippen LogP contribution in [0.2, 0.25) is 0 Å². The minimum absolute atomic E-state index is 0.150. The highest BCUT2D eigenvalue weighted by Crippen LogP contribution is 2.36. The van der Waals surface area contributed by atoms with E-state index < -0.39 is 5.97 Å². The molecule has 0 amide bonds. The van der Waals surface area contributed by atoms with Gasteiger partial charge in [0.15, 0.2) is 6.61 Å². The molecule has 1 unspecified atom stereocenters. The smallest absolute Gasteiger partial charge is 0.341 e. The van der Waals surface area contributed by atoms with E-state index in [0.29, 0.717) is 18.3 Å². The molecule has 1 atom stereocenters. The Morgan fingerprint density at radius 3 is 2.81 bits per heavy atom. The molecule has 6 heteroatoms. The second-order valence-corrected chi connectivity index (χ2v) is 8.64. The quantitative estimate of drug-likeness (QED) is 0.420. The van der Waals surface area contributed by atoms with E-state index in [1.807, 2.05) is 30.6 Å². The van der Waals surface area contributed by atoms with Gasteiger partial charge >= 0.3 is 5.97 Å². The van der Waals surface area contributed by atoms with Crippen LogP contribution in [0.4, 0.5) is 0 Å². The predicted molar refractivity (Wildman–Crippen MR) is 123 cm³/mol. The van der Waals surface area contributed by atoms with Crippen LogP contribution in [0.5, 0.6) is 5.75 Å². The molecule has 0 aliphatic heterocycles. The Morgan fingerprint density at radius 2 is 2.03 bits per heavy atom. The Bertz CT molecular complexity index is 923. The van der Waals surface area contributed by atoms with E-state index in [2.05, 4.69) is 28.7 Å². The summed E-state index contributed by atoms with van der Waals surface area (Å²) < 4.78 is 5.51. The van der Waals surface area contributed by atoms with Gasteiger partial charge in [-0.15, -0.1) is 0 Å². The van der Waals surface area contributed by atoms with Gasteiger partial charge in [-0.3, -0.25) is 9.82 Å². The van der Waals surface area contributed by atoms with Crippen molar-refractivity contribution in [3.63, 3.8) is 0 Å². The highest BCUT2D eigenvalue weighted by molar-refractivity contribution is 5.73. The fraction of sp³-hybridized carbons (Fsp3) is 0.462. The van der Waals surface area contributed by atoms with E-state index in [1.165, 1.54) is 43.2 Å². The molecule has 170 valence electrons. The number of nitrogens with one attached hydrogen (secondary N) is 1. The van der Waals surface area contributed by atoms with Crippen LogP contribution in [-0.2, 0) is 16.1 Å². The monoisotopic (exact) mass is 436 g/mol. The average molecular weight is 437 g/mol. The van der Waals surface area contributed by atoms with Crippen LogP contribution >= 0.6 is 0 Å². The first kappa shape index (κ1) is 22.5. The van der Waals surface area contributed by atoms with E-state index in [9.17, 15) is 4.79 Å². The summed E-state index contributed by atoms with van der Waals surface area (Å²) in [4.78, 5) is 21.2. The van der Waals surface area contributed by atoms with Crippen molar-refractivity contribution < 1.29 is 19.5 Å². The topological polar surface area (TPSA) is 80.7 Å². The number of nitrogens with zero attached hydrogens (tertiary/aromatic N) is 1. The molecule has 2 N–H and O–H groups in total. The van der Waals surface area contributed by atoms with Crippen LogP contribution in [0.3, 0.4) is 0 Å². The highest BCUT2D eigenvalue weighted by Gasteiger charge is 2.25. The molecule has 0 radical (unpaired) electrons. The Kier molecular flexibility index (Phi) is 7.91. The van der Waals surface area contributed by atoms with Crippen molar-refractivity contribution in [2.24, 2.45) is 5.92 Å². The van der Waals surface area contributed by atoms with Crippen molar-refractivity contribution >= 4 is 11.5 Å². The standard InChI is InChI=1S/C26H32N2O4/c29-25(30)18-31-24-13-5-11-22-19(9-4-12-23(22)24)14-16-32-28-26(20-7-2-1-3-8-20)21-10-6-15-27-17-21/h5-6,10-11,13-15,17,20,26,28H,1-4,7-9,12,16,18H2,(H,29,30). The van der Waals surface area contributed by atoms with Gasteiger partial charge in [-0.05, 0) is 66.9 Å². The van der Waals surface area contributed by atoms with E-state index >= 15 is 0 Å². The molecule has 1 aromatic carbocycles. The van der Waals surface area contributed by atoms with Crippen LogP contribution < -0.4 is 10.2 Å². The van der Waals surface area contributed by atoms with Gasteiger partial charge in [0.1, 0.15) is 5.75 Å². The van der Waals surface area contributed by atoms with Gasteiger partial charge in [0.25, 0.3) is 0 Å². The minimum Gasteiger partial charge on any atom is -0.482 e. The molecule has 2 aromatic rings. The van der Waals surface area contributed by atoms with Gasteiger partial charge in [-0.2, -0.15) is 5.48 Å². The fourth-order valence-corrected chi connectivity index (χ4v) is 4.95. The maximum atomic E-state index is 10.9. The van der Waals surface area contributed by atoms with Crippen LogP contribution in [0.15, 0.2) is 48.8 Å². The number of hydrogen-bond donors (Lipinski definition) is 2. The first-order valence-electron chi connectivity index (χ1n) is 11.7. The molecule has 0 saturated heterocycles. The zero-order chi connectivity index (χ0) is 22.2. The molecular weight excluding hydrogens is 404 g/mol. The number of rotatable bonds is 9. The van der Waals surface area contributed by atoms with Crippen LogP contribution in [-0.4, -0.2) is 29.3 Å².